The van der Waals surface area contributed by atoms with Crippen LogP contribution >= 0.6 is 0 Å². The summed E-state index contributed by atoms with van der Waals surface area (Å²) in [6, 6.07) is 3.85. The largest absolute Gasteiger partial charge is 0.508 e. The fraction of sp³-hybridized carbons (Fsp3) is 0.400. The van der Waals surface area contributed by atoms with E-state index in [1.165, 1.54) is 31.3 Å². The summed E-state index contributed by atoms with van der Waals surface area (Å²) >= 11 is 0. The minimum Gasteiger partial charge on any atom is -0.508 e. The van der Waals surface area contributed by atoms with Gasteiger partial charge in [-0.3, -0.25) is 0 Å². The Morgan fingerprint density at radius 3 is 2.50 bits per heavy atom. The van der Waals surface area contributed by atoms with Gasteiger partial charge in [-0.1, -0.05) is 6.07 Å². The highest BCUT2D eigenvalue weighted by atomic mass is 19.4. The van der Waals surface area contributed by atoms with Crippen molar-refractivity contribution in [1.29, 1.82) is 0 Å². The molecule has 3 nitrogen and oxygen atoms in total. The number of rotatable bonds is 3. The summed E-state index contributed by atoms with van der Waals surface area (Å²) in [7, 11) is 1.29. The molecule has 0 saturated heterocycles. The molecule has 0 aliphatic carbocycles. The topological polar surface area (TPSA) is 49.5 Å². The number of phenolic OH excluding ortho intramolecular Hbond substituents is 1. The quantitative estimate of drug-likeness (QED) is 0.837. The number of nitrogens with zero attached hydrogens (tertiary/aromatic N) is 1. The number of benzene rings is 1. The number of alkyl halides is 3. The van der Waals surface area contributed by atoms with Crippen molar-refractivity contribution in [1.82, 2.24) is 0 Å². The third-order valence-corrected chi connectivity index (χ3v) is 2.31. The Kier molecular flexibility index (Phi) is 3.64. The monoisotopic (exact) mass is 234 g/mol. The second-order valence-electron chi connectivity index (χ2n) is 3.42. The minimum absolute atomic E-state index is 0.0812. The number of hydrogen-bond donors (Lipinski definition) is 2. The Bertz CT molecular complexity index is 354. The minimum atomic E-state index is -4.39. The summed E-state index contributed by atoms with van der Waals surface area (Å²) in [6.07, 6.45) is -4.39. The van der Waals surface area contributed by atoms with E-state index in [0.717, 1.165) is 4.90 Å². The summed E-state index contributed by atoms with van der Waals surface area (Å²) in [5.74, 6) is -0.0812. The molecule has 6 heteroatoms. The van der Waals surface area contributed by atoms with Crippen molar-refractivity contribution in [2.45, 2.75) is 12.2 Å². The molecule has 16 heavy (non-hydrogen) atoms. The molecule has 0 aromatic heterocycles. The SMILES string of the molecule is CN(c1cccc(O)c1)C(CN)C(F)(F)F. The van der Waals surface area contributed by atoms with Crippen LogP contribution in [-0.2, 0) is 0 Å². The zero-order valence-corrected chi connectivity index (χ0v) is 8.70. The molecule has 0 heterocycles. The molecule has 1 rings (SSSR count). The zero-order valence-electron chi connectivity index (χ0n) is 8.70. The van der Waals surface area contributed by atoms with Gasteiger partial charge in [0.1, 0.15) is 11.8 Å². The lowest BCUT2D eigenvalue weighted by Crippen LogP contribution is -2.48. The Morgan fingerprint density at radius 2 is 2.06 bits per heavy atom. The highest BCUT2D eigenvalue weighted by molar-refractivity contribution is 5.50. The Hall–Kier alpha value is -1.43. The molecule has 0 spiro atoms. The van der Waals surface area contributed by atoms with E-state index in [1.807, 2.05) is 0 Å². The summed E-state index contributed by atoms with van der Waals surface area (Å²) < 4.78 is 37.7. The van der Waals surface area contributed by atoms with Crippen LogP contribution in [0.5, 0.6) is 5.75 Å². The lowest BCUT2D eigenvalue weighted by atomic mass is 10.2. The first kappa shape index (κ1) is 12.6. The summed E-state index contributed by atoms with van der Waals surface area (Å²) in [6.45, 7) is -0.532. The maximum Gasteiger partial charge on any atom is 0.409 e. The van der Waals surface area contributed by atoms with Gasteiger partial charge in [0.2, 0.25) is 0 Å². The Balaban J connectivity index is 2.96. The standard InChI is InChI=1S/C10H13F3N2O/c1-15(9(6-14)10(11,12)13)7-3-2-4-8(16)5-7/h2-5,9,16H,6,14H2,1H3. The first-order valence-electron chi connectivity index (χ1n) is 4.65. The van der Waals surface area contributed by atoms with Gasteiger partial charge < -0.3 is 15.7 Å². The van der Waals surface area contributed by atoms with Crippen LogP contribution in [0.3, 0.4) is 0 Å². The van der Waals surface area contributed by atoms with Gasteiger partial charge in [-0.15, -0.1) is 0 Å². The lowest BCUT2D eigenvalue weighted by molar-refractivity contribution is -0.145. The first-order chi connectivity index (χ1) is 7.36. The van der Waals surface area contributed by atoms with E-state index in [1.54, 1.807) is 0 Å². The van der Waals surface area contributed by atoms with Crippen LogP contribution in [0, 0.1) is 0 Å². The van der Waals surface area contributed by atoms with Crippen LogP contribution in [-0.4, -0.2) is 30.9 Å². The van der Waals surface area contributed by atoms with Gasteiger partial charge in [0.25, 0.3) is 0 Å². The van der Waals surface area contributed by atoms with E-state index < -0.39 is 18.8 Å². The fourth-order valence-corrected chi connectivity index (χ4v) is 1.40. The molecule has 0 aliphatic heterocycles. The van der Waals surface area contributed by atoms with Crippen molar-refractivity contribution in [2.24, 2.45) is 5.73 Å². The second-order valence-corrected chi connectivity index (χ2v) is 3.42. The molecule has 0 saturated carbocycles. The maximum atomic E-state index is 12.6. The predicted molar refractivity (Wildman–Crippen MR) is 55.4 cm³/mol. The van der Waals surface area contributed by atoms with Gasteiger partial charge in [-0.05, 0) is 12.1 Å². The summed E-state index contributed by atoms with van der Waals surface area (Å²) in [5.41, 5.74) is 5.38. The van der Waals surface area contributed by atoms with Crippen molar-refractivity contribution in [3.8, 4) is 5.75 Å². The van der Waals surface area contributed by atoms with Crippen molar-refractivity contribution >= 4 is 5.69 Å². The van der Waals surface area contributed by atoms with E-state index >= 15 is 0 Å². The number of anilines is 1. The number of nitrogens with two attached hydrogens (primary N) is 1. The third kappa shape index (κ3) is 2.79. The normalized spacial score (nSPS) is 13.6. The van der Waals surface area contributed by atoms with Crippen LogP contribution < -0.4 is 10.6 Å². The smallest absolute Gasteiger partial charge is 0.409 e. The number of phenols is 1. The molecule has 0 fully saturated rings. The average Bonchev–Trinajstić information content (AvgIpc) is 2.16. The number of aromatic hydroxyl groups is 1. The molecule has 0 amide bonds. The highest BCUT2D eigenvalue weighted by Gasteiger charge is 2.41. The molecule has 1 aromatic rings. The zero-order chi connectivity index (χ0) is 12.3. The van der Waals surface area contributed by atoms with Crippen LogP contribution in [0.2, 0.25) is 0 Å². The summed E-state index contributed by atoms with van der Waals surface area (Å²) in [4.78, 5) is 1.000. The molecule has 0 bridgehead atoms. The van der Waals surface area contributed by atoms with Gasteiger partial charge in [-0.25, -0.2) is 0 Å². The van der Waals surface area contributed by atoms with E-state index in [9.17, 15) is 18.3 Å². The van der Waals surface area contributed by atoms with E-state index in [2.05, 4.69) is 0 Å². The van der Waals surface area contributed by atoms with Crippen LogP contribution in [0.25, 0.3) is 0 Å². The lowest BCUT2D eigenvalue weighted by Gasteiger charge is -2.30. The van der Waals surface area contributed by atoms with Crippen LogP contribution in [0.4, 0.5) is 18.9 Å². The number of likely N-dealkylation sites (N-methyl/N-ethyl adjacent to an activating group) is 1. The van der Waals surface area contributed by atoms with Gasteiger partial charge in [-0.2, -0.15) is 13.2 Å². The van der Waals surface area contributed by atoms with E-state index in [-0.39, 0.29) is 11.4 Å². The van der Waals surface area contributed by atoms with Crippen LogP contribution in [0.15, 0.2) is 24.3 Å². The van der Waals surface area contributed by atoms with Gasteiger partial charge in [0.15, 0.2) is 0 Å². The Labute approximate surface area is 91.3 Å². The van der Waals surface area contributed by atoms with Crippen molar-refractivity contribution in [3.63, 3.8) is 0 Å². The average molecular weight is 234 g/mol. The van der Waals surface area contributed by atoms with Crippen LogP contribution in [0.1, 0.15) is 0 Å². The van der Waals surface area contributed by atoms with Gasteiger partial charge in [0, 0.05) is 25.3 Å². The molecule has 90 valence electrons. The van der Waals surface area contributed by atoms with E-state index in [4.69, 9.17) is 5.73 Å². The first-order valence-corrected chi connectivity index (χ1v) is 4.65. The molecular formula is C10H13F3N2O. The molecule has 1 atom stereocenters. The third-order valence-electron chi connectivity index (χ3n) is 2.31. The molecule has 0 aliphatic rings. The van der Waals surface area contributed by atoms with E-state index in [0.29, 0.717) is 0 Å². The molecule has 1 aromatic carbocycles. The molecule has 0 radical (unpaired) electrons. The van der Waals surface area contributed by atoms with Crippen molar-refractivity contribution < 1.29 is 18.3 Å². The van der Waals surface area contributed by atoms with Gasteiger partial charge >= 0.3 is 6.18 Å². The fourth-order valence-electron chi connectivity index (χ4n) is 1.40. The second kappa shape index (κ2) is 4.61. The molecular weight excluding hydrogens is 221 g/mol. The van der Waals surface area contributed by atoms with Gasteiger partial charge in [0.05, 0.1) is 0 Å². The molecule has 3 N–H and O–H groups in total. The van der Waals surface area contributed by atoms with Crippen molar-refractivity contribution in [3.05, 3.63) is 24.3 Å². The maximum absolute atomic E-state index is 12.6. The predicted octanol–water partition coefficient (Wildman–Crippen LogP) is 1.72. The molecule has 1 unspecified atom stereocenters. The highest BCUT2D eigenvalue weighted by Crippen LogP contribution is 2.28. The number of hydrogen-bond acceptors (Lipinski definition) is 3. The summed E-state index contributed by atoms with van der Waals surface area (Å²) in [5, 5.41) is 9.18. The Morgan fingerprint density at radius 1 is 1.44 bits per heavy atom. The number of halogens is 3. The van der Waals surface area contributed by atoms with Crippen molar-refractivity contribution in [2.75, 3.05) is 18.5 Å².